The van der Waals surface area contributed by atoms with Crippen molar-refractivity contribution < 1.29 is 0 Å². The number of rotatable bonds is 5. The van der Waals surface area contributed by atoms with Crippen molar-refractivity contribution in [2.75, 3.05) is 0 Å². The van der Waals surface area contributed by atoms with Crippen molar-refractivity contribution in [2.24, 2.45) is 0 Å². The van der Waals surface area contributed by atoms with Crippen molar-refractivity contribution in [2.45, 2.75) is 0 Å². The number of fused-ring (bicyclic) bond motifs is 6. The summed E-state index contributed by atoms with van der Waals surface area (Å²) in [6.45, 7) is 0. The number of aromatic nitrogens is 5. The quantitative estimate of drug-likeness (QED) is 0.181. The van der Waals surface area contributed by atoms with Crippen LogP contribution in [0.15, 0.2) is 164 Å². The molecule has 7 aromatic carbocycles. The van der Waals surface area contributed by atoms with Crippen LogP contribution in [0.4, 0.5) is 0 Å². The Morgan fingerprint density at radius 1 is 0.292 bits per heavy atom. The Labute approximate surface area is 277 Å². The average molecular weight is 614 g/mol. The molecule has 0 bridgehead atoms. The lowest BCUT2D eigenvalue weighted by Gasteiger charge is -2.13. The Morgan fingerprint density at radius 3 is 1.48 bits per heavy atom. The van der Waals surface area contributed by atoms with Gasteiger partial charge in [-0.3, -0.25) is 9.97 Å². The first kappa shape index (κ1) is 27.7. The molecule has 5 heteroatoms. The van der Waals surface area contributed by atoms with Crippen LogP contribution in [0.1, 0.15) is 0 Å². The predicted molar refractivity (Wildman–Crippen MR) is 195 cm³/mol. The summed E-state index contributed by atoms with van der Waals surface area (Å²) in [5.74, 6) is 1.92. The lowest BCUT2D eigenvalue weighted by atomic mass is 9.93. The van der Waals surface area contributed by atoms with E-state index in [1.165, 1.54) is 5.39 Å². The third-order valence-corrected chi connectivity index (χ3v) is 8.82. The summed E-state index contributed by atoms with van der Waals surface area (Å²) < 4.78 is 0. The summed E-state index contributed by atoms with van der Waals surface area (Å²) in [5, 5.41) is 4.53. The van der Waals surface area contributed by atoms with Crippen LogP contribution in [-0.4, -0.2) is 24.9 Å². The van der Waals surface area contributed by atoms with Crippen LogP contribution >= 0.6 is 0 Å². The van der Waals surface area contributed by atoms with Crippen molar-refractivity contribution >= 4 is 32.6 Å². The SMILES string of the molecule is c1ccc(-c2nc(-c3ccccc3)nc(-c3ccccc3-c3cccc(-c4ccc5c(c4)c4ccccc4c4nccnc54)c3)n2)cc1. The summed E-state index contributed by atoms with van der Waals surface area (Å²) in [6, 6.07) is 52.3. The first-order valence-electron chi connectivity index (χ1n) is 15.9. The molecule has 9 rings (SSSR count). The number of hydrogen-bond acceptors (Lipinski definition) is 5. The average Bonchev–Trinajstić information content (AvgIpc) is 3.18. The van der Waals surface area contributed by atoms with Gasteiger partial charge in [-0.15, -0.1) is 0 Å². The topological polar surface area (TPSA) is 64.5 Å². The molecule has 0 aliphatic rings. The van der Waals surface area contributed by atoms with Crippen molar-refractivity contribution in [1.82, 2.24) is 24.9 Å². The van der Waals surface area contributed by atoms with E-state index >= 15 is 0 Å². The van der Waals surface area contributed by atoms with E-state index in [1.54, 1.807) is 12.4 Å². The van der Waals surface area contributed by atoms with E-state index in [9.17, 15) is 0 Å². The lowest BCUT2D eigenvalue weighted by Crippen LogP contribution is -2.01. The fourth-order valence-corrected chi connectivity index (χ4v) is 6.54. The Hall–Kier alpha value is -6.59. The largest absolute Gasteiger partial charge is 0.252 e. The molecule has 5 nitrogen and oxygen atoms in total. The van der Waals surface area contributed by atoms with E-state index in [0.29, 0.717) is 17.5 Å². The van der Waals surface area contributed by atoms with Gasteiger partial charge in [-0.2, -0.15) is 0 Å². The van der Waals surface area contributed by atoms with E-state index in [1.807, 2.05) is 66.7 Å². The standard InChI is InChI=1S/C43H27N5/c1-3-12-28(13-4-1)41-46-42(29-14-5-2-6-15-29)48-43(47-41)37-21-10-7-18-33(37)32-17-11-16-30(26-32)31-22-23-36-38(27-31)34-19-8-9-20-35(34)39-40(36)45-25-24-44-39/h1-27H. The molecule has 0 atom stereocenters. The van der Waals surface area contributed by atoms with Crippen LogP contribution in [0.3, 0.4) is 0 Å². The van der Waals surface area contributed by atoms with Crippen LogP contribution in [0.25, 0.3) is 89.0 Å². The van der Waals surface area contributed by atoms with E-state index in [4.69, 9.17) is 19.9 Å². The Kier molecular flexibility index (Phi) is 6.72. The molecule has 0 aliphatic carbocycles. The highest BCUT2D eigenvalue weighted by atomic mass is 15.0. The third-order valence-electron chi connectivity index (χ3n) is 8.82. The summed E-state index contributed by atoms with van der Waals surface area (Å²) in [5.41, 5.74) is 9.07. The molecule has 48 heavy (non-hydrogen) atoms. The van der Waals surface area contributed by atoms with Crippen LogP contribution in [0.2, 0.25) is 0 Å². The smallest absolute Gasteiger partial charge is 0.164 e. The summed E-state index contributed by atoms with van der Waals surface area (Å²) in [6.07, 6.45) is 3.53. The highest BCUT2D eigenvalue weighted by Crippen LogP contribution is 2.38. The molecule has 0 N–H and O–H groups in total. The zero-order valence-corrected chi connectivity index (χ0v) is 25.8. The molecule has 0 aliphatic heterocycles. The molecule has 0 unspecified atom stereocenters. The van der Waals surface area contributed by atoms with Gasteiger partial charge in [-0.05, 0) is 45.2 Å². The molecule has 224 valence electrons. The summed E-state index contributed by atoms with van der Waals surface area (Å²) in [7, 11) is 0. The Balaban J connectivity index is 1.19. The van der Waals surface area contributed by atoms with E-state index in [2.05, 4.69) is 89.9 Å². The fraction of sp³-hybridized carbons (Fsp3) is 0. The third kappa shape index (κ3) is 4.86. The van der Waals surface area contributed by atoms with E-state index in [-0.39, 0.29) is 0 Å². The van der Waals surface area contributed by atoms with Gasteiger partial charge >= 0.3 is 0 Å². The highest BCUT2D eigenvalue weighted by molar-refractivity contribution is 6.23. The van der Waals surface area contributed by atoms with Crippen LogP contribution in [0.5, 0.6) is 0 Å². The maximum Gasteiger partial charge on any atom is 0.164 e. The molecule has 2 aromatic heterocycles. The van der Waals surface area contributed by atoms with Gasteiger partial charge in [0, 0.05) is 39.9 Å². The molecule has 0 radical (unpaired) electrons. The molecule has 0 amide bonds. The second-order valence-corrected chi connectivity index (χ2v) is 11.7. The van der Waals surface area contributed by atoms with E-state index in [0.717, 1.165) is 66.1 Å². The second-order valence-electron chi connectivity index (χ2n) is 11.7. The summed E-state index contributed by atoms with van der Waals surface area (Å²) in [4.78, 5) is 24.3. The number of nitrogens with zero attached hydrogens (tertiary/aromatic N) is 5. The van der Waals surface area contributed by atoms with Gasteiger partial charge in [-0.1, -0.05) is 140 Å². The second kappa shape index (κ2) is 11.6. The predicted octanol–water partition coefficient (Wildman–Crippen LogP) is 10.5. The van der Waals surface area contributed by atoms with Gasteiger partial charge in [0.05, 0.1) is 11.0 Å². The fourth-order valence-electron chi connectivity index (χ4n) is 6.54. The number of hydrogen-bond donors (Lipinski definition) is 0. The van der Waals surface area contributed by atoms with Gasteiger partial charge in [-0.25, -0.2) is 15.0 Å². The van der Waals surface area contributed by atoms with Gasteiger partial charge in [0.15, 0.2) is 17.5 Å². The minimum absolute atomic E-state index is 0.633. The molecule has 2 heterocycles. The first-order chi connectivity index (χ1) is 23.8. The monoisotopic (exact) mass is 613 g/mol. The van der Waals surface area contributed by atoms with Gasteiger partial charge in [0.25, 0.3) is 0 Å². The first-order valence-corrected chi connectivity index (χ1v) is 15.9. The molecule has 0 fully saturated rings. The maximum absolute atomic E-state index is 5.02. The zero-order chi connectivity index (χ0) is 31.9. The molecule has 0 saturated heterocycles. The zero-order valence-electron chi connectivity index (χ0n) is 25.8. The normalized spacial score (nSPS) is 11.3. The number of benzene rings is 7. The lowest BCUT2D eigenvalue weighted by molar-refractivity contribution is 1.07. The van der Waals surface area contributed by atoms with Gasteiger partial charge in [0.1, 0.15) is 0 Å². The summed E-state index contributed by atoms with van der Waals surface area (Å²) >= 11 is 0. The Morgan fingerprint density at radius 2 is 0.792 bits per heavy atom. The molecular formula is C43H27N5. The maximum atomic E-state index is 5.02. The van der Waals surface area contributed by atoms with Crippen LogP contribution in [-0.2, 0) is 0 Å². The van der Waals surface area contributed by atoms with Gasteiger partial charge < -0.3 is 0 Å². The van der Waals surface area contributed by atoms with Crippen LogP contribution < -0.4 is 0 Å². The highest BCUT2D eigenvalue weighted by Gasteiger charge is 2.16. The molecule has 9 aromatic rings. The molecule has 0 saturated carbocycles. The van der Waals surface area contributed by atoms with Crippen molar-refractivity contribution in [3.63, 3.8) is 0 Å². The molecular weight excluding hydrogens is 587 g/mol. The minimum atomic E-state index is 0.633. The molecule has 0 spiro atoms. The Bertz CT molecular complexity index is 2520. The van der Waals surface area contributed by atoms with Crippen molar-refractivity contribution in [3.05, 3.63) is 164 Å². The van der Waals surface area contributed by atoms with E-state index < -0.39 is 0 Å². The minimum Gasteiger partial charge on any atom is -0.252 e. The van der Waals surface area contributed by atoms with Crippen LogP contribution in [0, 0.1) is 0 Å². The van der Waals surface area contributed by atoms with Gasteiger partial charge in [0.2, 0.25) is 0 Å². The van der Waals surface area contributed by atoms with Crippen molar-refractivity contribution in [3.8, 4) is 56.4 Å². The van der Waals surface area contributed by atoms with Crippen molar-refractivity contribution in [1.29, 1.82) is 0 Å².